The quantitative estimate of drug-likeness (QED) is 0.851. The molecule has 2 atom stereocenters. The van der Waals surface area contributed by atoms with E-state index in [2.05, 4.69) is 15.5 Å². The summed E-state index contributed by atoms with van der Waals surface area (Å²) in [4.78, 5) is 13.7. The standard InChI is InChI=1S/C18H22ClFN4O2/c1-18(2,3)26-17(25)24-9-11(20)8-12(10-24)21-16-14-7-5-4-6-13(14)15(19)22-23-16/h4-7,11-12H,8-10H2,1-3H3,(H,21,23)/t11-,12+/m0/s1. The van der Waals surface area contributed by atoms with Crippen molar-refractivity contribution in [1.82, 2.24) is 15.1 Å². The molecular formula is C18H22ClFN4O2. The number of rotatable bonds is 2. The molecule has 1 N–H and O–H groups in total. The lowest BCUT2D eigenvalue weighted by Gasteiger charge is -2.36. The molecule has 140 valence electrons. The van der Waals surface area contributed by atoms with Gasteiger partial charge in [-0.3, -0.25) is 0 Å². The van der Waals surface area contributed by atoms with Crippen LogP contribution in [0.3, 0.4) is 0 Å². The van der Waals surface area contributed by atoms with E-state index in [0.717, 1.165) is 10.8 Å². The molecule has 26 heavy (non-hydrogen) atoms. The van der Waals surface area contributed by atoms with Gasteiger partial charge in [0.15, 0.2) is 11.0 Å². The highest BCUT2D eigenvalue weighted by Gasteiger charge is 2.33. The van der Waals surface area contributed by atoms with Crippen LogP contribution in [0, 0.1) is 0 Å². The number of benzene rings is 1. The van der Waals surface area contributed by atoms with Gasteiger partial charge in [-0.05, 0) is 20.8 Å². The van der Waals surface area contributed by atoms with Crippen LogP contribution in [-0.2, 0) is 4.74 Å². The van der Waals surface area contributed by atoms with E-state index in [0.29, 0.717) is 17.5 Å². The number of piperidine rings is 1. The number of nitrogens with one attached hydrogen (secondary N) is 1. The van der Waals surface area contributed by atoms with Crippen LogP contribution in [0.2, 0.25) is 5.15 Å². The Balaban J connectivity index is 1.78. The molecule has 0 spiro atoms. The number of carbonyl (C=O) groups is 1. The van der Waals surface area contributed by atoms with Crippen molar-refractivity contribution in [3.63, 3.8) is 0 Å². The average Bonchev–Trinajstić information content (AvgIpc) is 2.56. The number of hydrogen-bond acceptors (Lipinski definition) is 5. The minimum absolute atomic E-state index is 0.0279. The first kappa shape index (κ1) is 18.6. The van der Waals surface area contributed by atoms with Gasteiger partial charge in [0.05, 0.1) is 6.54 Å². The van der Waals surface area contributed by atoms with Crippen molar-refractivity contribution < 1.29 is 13.9 Å². The lowest BCUT2D eigenvalue weighted by atomic mass is 10.0. The molecule has 1 aliphatic heterocycles. The molecule has 0 radical (unpaired) electrons. The zero-order chi connectivity index (χ0) is 18.9. The number of alkyl halides is 1. The van der Waals surface area contributed by atoms with Crippen LogP contribution in [-0.4, -0.2) is 52.1 Å². The number of nitrogens with zero attached hydrogens (tertiary/aromatic N) is 3. The molecule has 2 aromatic rings. The van der Waals surface area contributed by atoms with Crippen LogP contribution in [0.25, 0.3) is 10.8 Å². The first-order valence-electron chi connectivity index (χ1n) is 8.52. The van der Waals surface area contributed by atoms with Crippen LogP contribution in [0.4, 0.5) is 15.0 Å². The second-order valence-corrected chi connectivity index (χ2v) is 7.80. The zero-order valence-electron chi connectivity index (χ0n) is 15.0. The van der Waals surface area contributed by atoms with Gasteiger partial charge in [0.2, 0.25) is 0 Å². The van der Waals surface area contributed by atoms with Crippen LogP contribution in [0.1, 0.15) is 27.2 Å². The van der Waals surface area contributed by atoms with Crippen LogP contribution in [0.15, 0.2) is 24.3 Å². The third-order valence-electron chi connectivity index (χ3n) is 4.03. The van der Waals surface area contributed by atoms with Gasteiger partial charge in [-0.1, -0.05) is 35.9 Å². The fourth-order valence-electron chi connectivity index (χ4n) is 2.99. The van der Waals surface area contributed by atoms with Gasteiger partial charge in [-0.2, -0.15) is 0 Å². The molecular weight excluding hydrogens is 359 g/mol. The lowest BCUT2D eigenvalue weighted by Crippen LogP contribution is -2.51. The maximum absolute atomic E-state index is 14.2. The number of carbonyl (C=O) groups excluding carboxylic acids is 1. The van der Waals surface area contributed by atoms with Crippen molar-refractivity contribution in [1.29, 1.82) is 0 Å². The Hall–Kier alpha value is -2.15. The van der Waals surface area contributed by atoms with Gasteiger partial charge in [-0.25, -0.2) is 9.18 Å². The summed E-state index contributed by atoms with van der Waals surface area (Å²) in [6.07, 6.45) is -1.38. The monoisotopic (exact) mass is 380 g/mol. The lowest BCUT2D eigenvalue weighted by molar-refractivity contribution is 0.0124. The normalized spacial score (nSPS) is 20.9. The fourth-order valence-corrected chi connectivity index (χ4v) is 3.19. The van der Waals surface area contributed by atoms with Crippen molar-refractivity contribution >= 4 is 34.3 Å². The van der Waals surface area contributed by atoms with Gasteiger partial charge < -0.3 is 15.0 Å². The van der Waals surface area contributed by atoms with Crippen LogP contribution < -0.4 is 5.32 Å². The van der Waals surface area contributed by atoms with Crippen molar-refractivity contribution in [2.45, 2.75) is 45.0 Å². The Bertz CT molecular complexity index is 811. The van der Waals surface area contributed by atoms with Gasteiger partial charge in [0, 0.05) is 29.8 Å². The van der Waals surface area contributed by atoms with Gasteiger partial charge in [0.25, 0.3) is 0 Å². The minimum atomic E-state index is -1.14. The summed E-state index contributed by atoms with van der Waals surface area (Å²) >= 11 is 6.09. The van der Waals surface area contributed by atoms with Crippen molar-refractivity contribution in [2.75, 3.05) is 18.4 Å². The van der Waals surface area contributed by atoms with E-state index in [1.165, 1.54) is 4.90 Å². The highest BCUT2D eigenvalue weighted by molar-refractivity contribution is 6.34. The summed E-state index contributed by atoms with van der Waals surface area (Å²) in [6.45, 7) is 5.71. The number of likely N-dealkylation sites (tertiary alicyclic amines) is 1. The minimum Gasteiger partial charge on any atom is -0.444 e. The number of hydrogen-bond donors (Lipinski definition) is 1. The molecule has 0 saturated carbocycles. The van der Waals surface area contributed by atoms with Crippen LogP contribution in [0.5, 0.6) is 0 Å². The van der Waals surface area contributed by atoms with E-state index >= 15 is 0 Å². The molecule has 0 unspecified atom stereocenters. The number of anilines is 1. The highest BCUT2D eigenvalue weighted by Crippen LogP contribution is 2.27. The highest BCUT2D eigenvalue weighted by atomic mass is 35.5. The molecule has 1 saturated heterocycles. The average molecular weight is 381 g/mol. The Morgan fingerprint density at radius 1 is 1.27 bits per heavy atom. The molecule has 3 rings (SSSR count). The maximum atomic E-state index is 14.2. The number of amides is 1. The molecule has 1 amide bonds. The SMILES string of the molecule is CC(C)(C)OC(=O)N1C[C@@H](F)C[C@@H](Nc2nnc(Cl)c3ccccc23)C1. The number of ether oxygens (including phenoxy) is 1. The largest absolute Gasteiger partial charge is 0.444 e. The van der Waals surface area contributed by atoms with Gasteiger partial charge >= 0.3 is 6.09 Å². The second-order valence-electron chi connectivity index (χ2n) is 7.44. The third-order valence-corrected chi connectivity index (χ3v) is 4.31. The van der Waals surface area contributed by atoms with E-state index < -0.39 is 17.9 Å². The molecule has 0 aliphatic carbocycles. The zero-order valence-corrected chi connectivity index (χ0v) is 15.8. The Morgan fingerprint density at radius 2 is 1.96 bits per heavy atom. The van der Waals surface area contributed by atoms with E-state index in [4.69, 9.17) is 16.3 Å². The van der Waals surface area contributed by atoms with E-state index in [9.17, 15) is 9.18 Å². The molecule has 6 nitrogen and oxygen atoms in total. The summed E-state index contributed by atoms with van der Waals surface area (Å²) in [5, 5.41) is 13.1. The molecule has 2 heterocycles. The fraction of sp³-hybridized carbons (Fsp3) is 0.500. The third kappa shape index (κ3) is 4.33. The van der Waals surface area contributed by atoms with E-state index in [1.807, 2.05) is 24.3 Å². The maximum Gasteiger partial charge on any atom is 0.410 e. The Kier molecular flexibility index (Phi) is 5.18. The number of aromatic nitrogens is 2. The first-order chi connectivity index (χ1) is 12.2. The number of halogens is 2. The molecule has 1 aromatic heterocycles. The van der Waals surface area contributed by atoms with E-state index in [-0.39, 0.29) is 19.0 Å². The summed E-state index contributed by atoms with van der Waals surface area (Å²) < 4.78 is 19.6. The van der Waals surface area contributed by atoms with Crippen molar-refractivity contribution in [2.24, 2.45) is 0 Å². The molecule has 8 heteroatoms. The molecule has 0 bridgehead atoms. The summed E-state index contributed by atoms with van der Waals surface area (Å²) in [5.41, 5.74) is -0.624. The summed E-state index contributed by atoms with van der Waals surface area (Å²) in [5.74, 6) is 0.522. The van der Waals surface area contributed by atoms with Crippen molar-refractivity contribution in [3.05, 3.63) is 29.4 Å². The Morgan fingerprint density at radius 3 is 2.65 bits per heavy atom. The summed E-state index contributed by atoms with van der Waals surface area (Å²) in [6, 6.07) is 7.16. The van der Waals surface area contributed by atoms with E-state index in [1.54, 1.807) is 20.8 Å². The number of fused-ring (bicyclic) bond motifs is 1. The Labute approximate surface area is 156 Å². The van der Waals surface area contributed by atoms with Crippen molar-refractivity contribution in [3.8, 4) is 0 Å². The predicted octanol–water partition coefficient (Wildman–Crippen LogP) is 4.04. The smallest absolute Gasteiger partial charge is 0.410 e. The molecule has 1 aliphatic rings. The topological polar surface area (TPSA) is 67.3 Å². The van der Waals surface area contributed by atoms with Gasteiger partial charge in [-0.15, -0.1) is 10.2 Å². The predicted molar refractivity (Wildman–Crippen MR) is 99.3 cm³/mol. The molecule has 1 aromatic carbocycles. The second kappa shape index (κ2) is 7.23. The first-order valence-corrected chi connectivity index (χ1v) is 8.90. The van der Waals surface area contributed by atoms with Crippen LogP contribution >= 0.6 is 11.6 Å². The van der Waals surface area contributed by atoms with Gasteiger partial charge in [0.1, 0.15) is 11.8 Å². The summed E-state index contributed by atoms with van der Waals surface area (Å²) in [7, 11) is 0. The molecule has 1 fully saturated rings.